The Morgan fingerprint density at radius 2 is 2.20 bits per heavy atom. The number of pyridine rings is 2. The first-order chi connectivity index (χ1) is 14.6. The predicted molar refractivity (Wildman–Crippen MR) is 113 cm³/mol. The molecule has 6 nitrogen and oxygen atoms in total. The van der Waals surface area contributed by atoms with Gasteiger partial charge in [0.2, 0.25) is 5.91 Å². The normalized spacial score (nSPS) is 16.6. The third kappa shape index (κ3) is 5.06. The fourth-order valence-electron chi connectivity index (χ4n) is 3.23. The third-order valence-corrected chi connectivity index (χ3v) is 5.88. The van der Waals surface area contributed by atoms with Gasteiger partial charge in [-0.25, -0.2) is 4.39 Å². The van der Waals surface area contributed by atoms with Gasteiger partial charge in [0.1, 0.15) is 24.3 Å². The minimum Gasteiger partial charge on any atom is -0.489 e. The first-order valence-electron chi connectivity index (χ1n) is 9.70. The first-order valence-corrected chi connectivity index (χ1v) is 10.7. The van der Waals surface area contributed by atoms with E-state index in [1.165, 1.54) is 23.9 Å². The molecule has 3 heterocycles. The van der Waals surface area contributed by atoms with Crippen LogP contribution in [0.2, 0.25) is 0 Å². The molecule has 3 aromatic rings. The molecule has 8 heteroatoms. The minimum atomic E-state index is -0.316. The summed E-state index contributed by atoms with van der Waals surface area (Å²) in [4.78, 5) is 23.8. The molecule has 1 unspecified atom stereocenters. The van der Waals surface area contributed by atoms with Crippen LogP contribution in [0, 0.1) is 12.7 Å². The highest BCUT2D eigenvalue weighted by atomic mass is 32.2. The van der Waals surface area contributed by atoms with Gasteiger partial charge in [-0.2, -0.15) is 0 Å². The van der Waals surface area contributed by atoms with E-state index in [2.05, 4.69) is 9.97 Å². The lowest BCUT2D eigenvalue weighted by atomic mass is 10.2. The molecule has 0 N–H and O–H groups in total. The molecule has 0 radical (unpaired) electrons. The highest BCUT2D eigenvalue weighted by Gasteiger charge is 2.25. The standard InChI is InChI=1S/C22H22FN3O3S/c1-15-2-4-17(11-25-15)29-13-18-12-26(8-9-28-18)22(27)14-30-21-6-7-24-20-5-3-16(23)10-19(20)21/h2-7,10-11,18H,8-9,12-14H2,1H3. The maximum Gasteiger partial charge on any atom is 0.233 e. The summed E-state index contributed by atoms with van der Waals surface area (Å²) in [5.41, 5.74) is 1.64. The third-order valence-electron chi connectivity index (χ3n) is 4.83. The lowest BCUT2D eigenvalue weighted by Crippen LogP contribution is -2.48. The Morgan fingerprint density at radius 3 is 3.03 bits per heavy atom. The number of aromatic nitrogens is 2. The van der Waals surface area contributed by atoms with Gasteiger partial charge in [-0.3, -0.25) is 14.8 Å². The van der Waals surface area contributed by atoms with Crippen LogP contribution in [0.25, 0.3) is 10.9 Å². The lowest BCUT2D eigenvalue weighted by molar-refractivity contribution is -0.137. The van der Waals surface area contributed by atoms with Crippen molar-refractivity contribution in [1.29, 1.82) is 0 Å². The van der Waals surface area contributed by atoms with Crippen LogP contribution in [-0.4, -0.2) is 58.9 Å². The van der Waals surface area contributed by atoms with Gasteiger partial charge in [0.25, 0.3) is 0 Å². The number of benzene rings is 1. The van der Waals surface area contributed by atoms with Gasteiger partial charge in [-0.15, -0.1) is 11.8 Å². The lowest BCUT2D eigenvalue weighted by Gasteiger charge is -2.32. The number of carbonyl (C=O) groups is 1. The quantitative estimate of drug-likeness (QED) is 0.562. The molecule has 1 aromatic carbocycles. The Kier molecular flexibility index (Phi) is 6.44. The first kappa shape index (κ1) is 20.6. The van der Waals surface area contributed by atoms with Crippen LogP contribution < -0.4 is 4.74 Å². The van der Waals surface area contributed by atoms with Gasteiger partial charge in [-0.1, -0.05) is 0 Å². The highest BCUT2D eigenvalue weighted by molar-refractivity contribution is 8.00. The summed E-state index contributed by atoms with van der Waals surface area (Å²) < 4.78 is 25.1. The van der Waals surface area contributed by atoms with Crippen LogP contribution in [0.5, 0.6) is 5.75 Å². The summed E-state index contributed by atoms with van der Waals surface area (Å²) in [6.07, 6.45) is 3.17. The monoisotopic (exact) mass is 427 g/mol. The van der Waals surface area contributed by atoms with E-state index in [0.29, 0.717) is 37.6 Å². The van der Waals surface area contributed by atoms with Gasteiger partial charge < -0.3 is 14.4 Å². The van der Waals surface area contributed by atoms with E-state index in [4.69, 9.17) is 9.47 Å². The molecular formula is C22H22FN3O3S. The van der Waals surface area contributed by atoms with E-state index in [9.17, 15) is 9.18 Å². The predicted octanol–water partition coefficient (Wildman–Crippen LogP) is 3.48. The number of nitrogens with zero attached hydrogens (tertiary/aromatic N) is 3. The largest absolute Gasteiger partial charge is 0.489 e. The van der Waals surface area contributed by atoms with Crippen molar-refractivity contribution in [3.8, 4) is 5.75 Å². The highest BCUT2D eigenvalue weighted by Crippen LogP contribution is 2.27. The summed E-state index contributed by atoms with van der Waals surface area (Å²) in [5, 5.41) is 0.718. The van der Waals surface area contributed by atoms with Crippen molar-refractivity contribution in [1.82, 2.24) is 14.9 Å². The number of fused-ring (bicyclic) bond motifs is 1. The minimum absolute atomic E-state index is 0.0201. The van der Waals surface area contributed by atoms with E-state index in [0.717, 1.165) is 16.0 Å². The van der Waals surface area contributed by atoms with Crippen LogP contribution in [0.15, 0.2) is 53.7 Å². The van der Waals surface area contributed by atoms with Crippen molar-refractivity contribution in [3.63, 3.8) is 0 Å². The number of rotatable bonds is 6. The molecule has 0 aliphatic carbocycles. The zero-order valence-corrected chi connectivity index (χ0v) is 17.4. The number of hydrogen-bond donors (Lipinski definition) is 0. The Hall–Kier alpha value is -2.71. The number of carbonyl (C=O) groups excluding carboxylic acids is 1. The molecule has 1 amide bonds. The van der Waals surface area contributed by atoms with Crippen molar-refractivity contribution in [2.75, 3.05) is 32.1 Å². The molecule has 0 bridgehead atoms. The number of ether oxygens (including phenoxy) is 2. The maximum absolute atomic E-state index is 13.6. The van der Waals surface area contributed by atoms with Crippen molar-refractivity contribution >= 4 is 28.6 Å². The molecule has 1 saturated heterocycles. The summed E-state index contributed by atoms with van der Waals surface area (Å²) in [5.74, 6) is 0.653. The molecule has 1 atom stereocenters. The zero-order chi connectivity index (χ0) is 20.9. The average Bonchev–Trinajstić information content (AvgIpc) is 2.77. The van der Waals surface area contributed by atoms with Crippen LogP contribution in [-0.2, 0) is 9.53 Å². The maximum atomic E-state index is 13.6. The molecule has 156 valence electrons. The van der Waals surface area contributed by atoms with Crippen molar-refractivity contribution in [2.24, 2.45) is 0 Å². The van der Waals surface area contributed by atoms with E-state index in [-0.39, 0.29) is 23.6 Å². The number of amides is 1. The summed E-state index contributed by atoms with van der Waals surface area (Å²) in [6, 6.07) is 10.1. The molecule has 1 fully saturated rings. The van der Waals surface area contributed by atoms with E-state index < -0.39 is 0 Å². The second kappa shape index (κ2) is 9.40. The van der Waals surface area contributed by atoms with E-state index >= 15 is 0 Å². The zero-order valence-electron chi connectivity index (χ0n) is 16.6. The number of morpholine rings is 1. The van der Waals surface area contributed by atoms with Gasteiger partial charge in [0.15, 0.2) is 0 Å². The SMILES string of the molecule is Cc1ccc(OCC2CN(C(=O)CSc3ccnc4ccc(F)cc34)CCO2)cn1. The van der Waals surface area contributed by atoms with Gasteiger partial charge in [0.05, 0.1) is 30.6 Å². The van der Waals surface area contributed by atoms with Crippen LogP contribution in [0.1, 0.15) is 5.69 Å². The van der Waals surface area contributed by atoms with Gasteiger partial charge in [-0.05, 0) is 43.3 Å². The van der Waals surface area contributed by atoms with E-state index in [1.807, 2.05) is 25.1 Å². The molecule has 4 rings (SSSR count). The smallest absolute Gasteiger partial charge is 0.233 e. The van der Waals surface area contributed by atoms with Crippen LogP contribution in [0.4, 0.5) is 4.39 Å². The van der Waals surface area contributed by atoms with Crippen LogP contribution in [0.3, 0.4) is 0 Å². The van der Waals surface area contributed by atoms with Crippen molar-refractivity contribution in [2.45, 2.75) is 17.9 Å². The Balaban J connectivity index is 1.32. The molecule has 2 aromatic heterocycles. The molecule has 30 heavy (non-hydrogen) atoms. The fraction of sp³-hybridized carbons (Fsp3) is 0.318. The summed E-state index contributed by atoms with van der Waals surface area (Å²) >= 11 is 1.39. The molecular weight excluding hydrogens is 405 g/mol. The fourth-order valence-corrected chi connectivity index (χ4v) is 4.16. The number of thioether (sulfide) groups is 1. The Morgan fingerprint density at radius 1 is 1.30 bits per heavy atom. The topological polar surface area (TPSA) is 64.5 Å². The second-order valence-electron chi connectivity index (χ2n) is 7.04. The number of halogens is 1. The van der Waals surface area contributed by atoms with Gasteiger partial charge >= 0.3 is 0 Å². The van der Waals surface area contributed by atoms with Crippen molar-refractivity contribution < 1.29 is 18.7 Å². The molecule has 1 aliphatic heterocycles. The van der Waals surface area contributed by atoms with Crippen molar-refractivity contribution in [3.05, 3.63) is 60.3 Å². The average molecular weight is 428 g/mol. The van der Waals surface area contributed by atoms with Crippen LogP contribution >= 0.6 is 11.8 Å². The molecule has 0 saturated carbocycles. The summed E-state index contributed by atoms with van der Waals surface area (Å²) in [6.45, 7) is 3.77. The summed E-state index contributed by atoms with van der Waals surface area (Å²) in [7, 11) is 0. The number of aryl methyl sites for hydroxylation is 1. The van der Waals surface area contributed by atoms with E-state index in [1.54, 1.807) is 23.4 Å². The van der Waals surface area contributed by atoms with Gasteiger partial charge in [0, 0.05) is 28.7 Å². The molecule has 1 aliphatic rings. The Bertz CT molecular complexity index is 1030. The Labute approximate surface area is 178 Å². The second-order valence-corrected chi connectivity index (χ2v) is 8.06. The molecule has 0 spiro atoms. The number of hydrogen-bond acceptors (Lipinski definition) is 6.